The van der Waals surface area contributed by atoms with Crippen LogP contribution in [0.5, 0.6) is 0 Å². The number of nitrogens with one attached hydrogen (secondary N) is 2. The lowest BCUT2D eigenvalue weighted by Crippen LogP contribution is -2.19. The Morgan fingerprint density at radius 1 is 1.31 bits per heavy atom. The van der Waals surface area contributed by atoms with Crippen molar-refractivity contribution < 1.29 is 0 Å². The highest BCUT2D eigenvalue weighted by molar-refractivity contribution is 5.80. The number of hydrogen-bond donors (Lipinski definition) is 2. The first kappa shape index (κ1) is 16.9. The minimum absolute atomic E-state index is 0.231. The van der Waals surface area contributed by atoms with Gasteiger partial charge in [-0.2, -0.15) is 0 Å². The summed E-state index contributed by atoms with van der Waals surface area (Å²) in [6.45, 7) is 8.68. The van der Waals surface area contributed by atoms with E-state index in [1.165, 1.54) is 34.3 Å². The maximum absolute atomic E-state index is 4.57. The molecule has 0 bridgehead atoms. The Morgan fingerprint density at radius 2 is 2.15 bits per heavy atom. The van der Waals surface area contributed by atoms with Crippen LogP contribution in [0.4, 0.5) is 0 Å². The number of allylic oxidation sites excluding steroid dienone is 1. The molecule has 134 valence electrons. The molecule has 2 heterocycles. The van der Waals surface area contributed by atoms with Crippen molar-refractivity contribution in [1.82, 2.24) is 15.3 Å². The summed E-state index contributed by atoms with van der Waals surface area (Å²) < 4.78 is 0. The van der Waals surface area contributed by atoms with Crippen molar-refractivity contribution in [2.24, 2.45) is 5.92 Å². The molecule has 0 saturated heterocycles. The topological polar surface area (TPSA) is 40.7 Å². The zero-order valence-corrected chi connectivity index (χ0v) is 15.6. The molecule has 1 aliphatic rings. The number of pyridine rings is 1. The molecule has 1 aromatic carbocycles. The van der Waals surface area contributed by atoms with Crippen LogP contribution in [0.25, 0.3) is 10.9 Å². The Kier molecular flexibility index (Phi) is 4.54. The number of para-hydroxylation sites is 1. The smallest absolute Gasteiger partial charge is 0.0497 e. The second-order valence-corrected chi connectivity index (χ2v) is 7.48. The molecule has 0 radical (unpaired) electrons. The van der Waals surface area contributed by atoms with Crippen LogP contribution in [0, 0.1) is 5.92 Å². The molecular formula is C23H27N3. The quantitative estimate of drug-likeness (QED) is 0.595. The van der Waals surface area contributed by atoms with E-state index in [1.54, 1.807) is 0 Å². The van der Waals surface area contributed by atoms with Gasteiger partial charge in [0.25, 0.3) is 0 Å². The average Bonchev–Trinajstić information content (AvgIpc) is 3.34. The normalized spacial score (nSPS) is 20.1. The predicted octanol–water partition coefficient (Wildman–Crippen LogP) is 5.48. The van der Waals surface area contributed by atoms with Crippen molar-refractivity contribution in [2.75, 3.05) is 0 Å². The van der Waals surface area contributed by atoms with Crippen LogP contribution in [0.3, 0.4) is 0 Å². The van der Waals surface area contributed by atoms with E-state index < -0.39 is 0 Å². The average molecular weight is 345 g/mol. The zero-order valence-electron chi connectivity index (χ0n) is 15.6. The van der Waals surface area contributed by atoms with E-state index in [4.69, 9.17) is 0 Å². The maximum Gasteiger partial charge on any atom is 0.0497 e. The van der Waals surface area contributed by atoms with Gasteiger partial charge in [-0.15, -0.1) is 0 Å². The molecule has 1 saturated carbocycles. The summed E-state index contributed by atoms with van der Waals surface area (Å²) in [6.07, 6.45) is 5.34. The third kappa shape index (κ3) is 3.39. The molecule has 0 spiro atoms. The minimum atomic E-state index is 0.231. The lowest BCUT2D eigenvalue weighted by atomic mass is 10.1. The number of hydrogen-bond acceptors (Lipinski definition) is 2. The van der Waals surface area contributed by atoms with Gasteiger partial charge in [0.15, 0.2) is 0 Å². The van der Waals surface area contributed by atoms with Crippen LogP contribution in [0.1, 0.15) is 55.6 Å². The van der Waals surface area contributed by atoms with Crippen molar-refractivity contribution in [1.29, 1.82) is 0 Å². The minimum Gasteiger partial charge on any atom is -0.382 e. The lowest BCUT2D eigenvalue weighted by Gasteiger charge is -2.17. The van der Waals surface area contributed by atoms with E-state index in [0.717, 1.165) is 18.5 Å². The second-order valence-electron chi connectivity index (χ2n) is 7.48. The Balaban J connectivity index is 1.38. The molecular weight excluding hydrogens is 318 g/mol. The summed E-state index contributed by atoms with van der Waals surface area (Å²) in [5.41, 5.74) is 6.08. The van der Waals surface area contributed by atoms with Gasteiger partial charge in [0.1, 0.15) is 0 Å². The number of H-pyrrole nitrogens is 1. The summed E-state index contributed by atoms with van der Waals surface area (Å²) >= 11 is 0. The number of nitrogens with zero attached hydrogens (tertiary/aromatic N) is 1. The zero-order chi connectivity index (χ0) is 18.1. The molecule has 2 aromatic heterocycles. The molecule has 3 atom stereocenters. The van der Waals surface area contributed by atoms with E-state index in [2.05, 4.69) is 78.2 Å². The van der Waals surface area contributed by atoms with Crippen LogP contribution in [-0.2, 0) is 6.42 Å². The number of fused-ring (bicyclic) bond motifs is 1. The summed E-state index contributed by atoms with van der Waals surface area (Å²) in [6, 6.07) is 15.3. The number of aromatic nitrogens is 2. The second kappa shape index (κ2) is 6.99. The molecule has 1 aliphatic carbocycles. The fourth-order valence-electron chi connectivity index (χ4n) is 3.78. The molecule has 3 nitrogen and oxygen atoms in total. The Bertz CT molecular complexity index is 874. The highest BCUT2D eigenvalue weighted by Gasteiger charge is 2.41. The summed E-state index contributed by atoms with van der Waals surface area (Å²) in [5, 5.41) is 4.88. The van der Waals surface area contributed by atoms with E-state index in [9.17, 15) is 0 Å². The van der Waals surface area contributed by atoms with Gasteiger partial charge in [-0.05, 0) is 48.9 Å². The van der Waals surface area contributed by atoms with Crippen molar-refractivity contribution >= 4 is 10.9 Å². The molecule has 2 N–H and O–H groups in total. The van der Waals surface area contributed by atoms with E-state index in [-0.39, 0.29) is 6.04 Å². The predicted molar refractivity (Wildman–Crippen MR) is 108 cm³/mol. The standard InChI is InChI=1S/C23H27N3/c1-4-7-19-11-10-18(14-24-19)15(2)25-16(3)20-13-21(20)23-12-17-8-5-6-9-22(17)26-23/h5-6,8-12,14-15,20-21,25-26H,3-4,7,13H2,1-2H3. The molecule has 0 amide bonds. The third-order valence-electron chi connectivity index (χ3n) is 5.44. The number of aryl methyl sites for hydroxylation is 1. The molecule has 3 heteroatoms. The Hall–Kier alpha value is -2.55. The molecule has 0 aliphatic heterocycles. The number of benzene rings is 1. The number of aromatic amines is 1. The summed E-state index contributed by atoms with van der Waals surface area (Å²) in [7, 11) is 0. The molecule has 26 heavy (non-hydrogen) atoms. The van der Waals surface area contributed by atoms with Gasteiger partial charge in [0, 0.05) is 46.7 Å². The van der Waals surface area contributed by atoms with Gasteiger partial charge < -0.3 is 10.3 Å². The highest BCUT2D eigenvalue weighted by atomic mass is 14.9. The van der Waals surface area contributed by atoms with Gasteiger partial charge in [-0.1, -0.05) is 44.2 Å². The molecule has 3 aromatic rings. The lowest BCUT2D eigenvalue weighted by molar-refractivity contribution is 0.616. The van der Waals surface area contributed by atoms with E-state index >= 15 is 0 Å². The Morgan fingerprint density at radius 3 is 2.88 bits per heavy atom. The van der Waals surface area contributed by atoms with Crippen molar-refractivity contribution in [2.45, 2.75) is 45.1 Å². The van der Waals surface area contributed by atoms with Gasteiger partial charge in [-0.25, -0.2) is 0 Å². The van der Waals surface area contributed by atoms with Crippen LogP contribution in [0.15, 0.2) is 60.9 Å². The van der Waals surface area contributed by atoms with E-state index in [1.807, 2.05) is 6.20 Å². The molecule has 3 unspecified atom stereocenters. The highest BCUT2D eigenvalue weighted by Crippen LogP contribution is 2.51. The van der Waals surface area contributed by atoms with Gasteiger partial charge >= 0.3 is 0 Å². The van der Waals surface area contributed by atoms with Gasteiger partial charge in [-0.3, -0.25) is 4.98 Å². The van der Waals surface area contributed by atoms with Crippen LogP contribution in [-0.4, -0.2) is 9.97 Å². The summed E-state index contributed by atoms with van der Waals surface area (Å²) in [5.74, 6) is 1.07. The van der Waals surface area contributed by atoms with Crippen LogP contribution >= 0.6 is 0 Å². The SMILES string of the molecule is C=C(NC(C)c1ccc(CCC)nc1)C1CC1c1cc2ccccc2[nH]1. The van der Waals surface area contributed by atoms with Crippen molar-refractivity contribution in [3.05, 3.63) is 77.9 Å². The first-order chi connectivity index (χ1) is 12.7. The van der Waals surface area contributed by atoms with E-state index in [0.29, 0.717) is 11.8 Å². The van der Waals surface area contributed by atoms with Gasteiger partial charge in [0.2, 0.25) is 0 Å². The largest absolute Gasteiger partial charge is 0.382 e. The van der Waals surface area contributed by atoms with Crippen LogP contribution in [0.2, 0.25) is 0 Å². The fourth-order valence-corrected chi connectivity index (χ4v) is 3.78. The molecule has 4 rings (SSSR count). The van der Waals surface area contributed by atoms with Crippen LogP contribution < -0.4 is 5.32 Å². The monoisotopic (exact) mass is 345 g/mol. The van der Waals surface area contributed by atoms with Crippen molar-refractivity contribution in [3.63, 3.8) is 0 Å². The summed E-state index contributed by atoms with van der Waals surface area (Å²) in [4.78, 5) is 8.14. The maximum atomic E-state index is 4.57. The Labute approximate surface area is 155 Å². The first-order valence-corrected chi connectivity index (χ1v) is 9.63. The third-order valence-corrected chi connectivity index (χ3v) is 5.44. The molecule has 1 fully saturated rings. The van der Waals surface area contributed by atoms with Gasteiger partial charge in [0.05, 0.1) is 0 Å². The van der Waals surface area contributed by atoms with Crippen molar-refractivity contribution in [3.8, 4) is 0 Å². The fraction of sp³-hybridized carbons (Fsp3) is 0.348. The first-order valence-electron chi connectivity index (χ1n) is 9.63. The number of rotatable bonds is 7.